The van der Waals surface area contributed by atoms with Gasteiger partial charge in [0.25, 0.3) is 5.92 Å². The largest absolute Gasteiger partial charge is 0.713 e. The maximum Gasteiger partial charge on any atom is 0.713 e. The zero-order valence-corrected chi connectivity index (χ0v) is 12.9. The zero-order valence-electron chi connectivity index (χ0n) is 12.9. The summed E-state index contributed by atoms with van der Waals surface area (Å²) in [5.41, 5.74) is -0.440. The fourth-order valence-electron chi connectivity index (χ4n) is 2.27. The van der Waals surface area contributed by atoms with Crippen LogP contribution in [0.1, 0.15) is 11.5 Å². The van der Waals surface area contributed by atoms with Gasteiger partial charge in [-0.05, 0) is 6.07 Å². The Bertz CT molecular complexity index is 685. The first-order valence-corrected chi connectivity index (χ1v) is 6.40. The average molecular weight is 360 g/mol. The van der Waals surface area contributed by atoms with Crippen molar-refractivity contribution in [1.82, 2.24) is 0 Å². The number of nitrogens with zero attached hydrogens (tertiary/aromatic N) is 4. The molecule has 0 bridgehead atoms. The SMILES string of the molecule is COc1ccc([C@@H](C[N+](=O)[O-])C([N+](=O)[O-])([N+](=O)[O-])[N+](=O)[O-])c(OC)c1. The van der Waals surface area contributed by atoms with Gasteiger partial charge in [-0.1, -0.05) is 6.07 Å². The Hall–Kier alpha value is -3.58. The topological polar surface area (TPSA) is 191 Å². The first-order valence-electron chi connectivity index (χ1n) is 6.40. The van der Waals surface area contributed by atoms with Gasteiger partial charge in [0.05, 0.1) is 14.2 Å². The van der Waals surface area contributed by atoms with Crippen LogP contribution in [0.2, 0.25) is 0 Å². The molecule has 1 rings (SSSR count). The second kappa shape index (κ2) is 7.33. The van der Waals surface area contributed by atoms with E-state index in [-0.39, 0.29) is 11.5 Å². The summed E-state index contributed by atoms with van der Waals surface area (Å²) in [6.07, 6.45) is 0. The summed E-state index contributed by atoms with van der Waals surface area (Å²) in [5, 5.41) is 44.7. The molecule has 0 amide bonds. The highest BCUT2D eigenvalue weighted by Gasteiger charge is 2.78. The van der Waals surface area contributed by atoms with Crippen LogP contribution >= 0.6 is 0 Å². The quantitative estimate of drug-likeness (QED) is 0.341. The number of ether oxygens (including phenoxy) is 2. The lowest BCUT2D eigenvalue weighted by Gasteiger charge is -2.18. The van der Waals surface area contributed by atoms with E-state index in [0.717, 1.165) is 19.2 Å². The molecule has 14 nitrogen and oxygen atoms in total. The summed E-state index contributed by atoms with van der Waals surface area (Å²) in [4.78, 5) is 38.3. The van der Waals surface area contributed by atoms with Crippen molar-refractivity contribution in [2.45, 2.75) is 11.7 Å². The highest BCUT2D eigenvalue weighted by Crippen LogP contribution is 2.39. The lowest BCUT2D eigenvalue weighted by molar-refractivity contribution is -0.975. The van der Waals surface area contributed by atoms with Crippen LogP contribution < -0.4 is 9.47 Å². The van der Waals surface area contributed by atoms with Crippen LogP contribution in [0, 0.1) is 40.5 Å². The van der Waals surface area contributed by atoms with Crippen LogP contribution in [0.15, 0.2) is 18.2 Å². The number of rotatable bonds is 9. The third-order valence-electron chi connectivity index (χ3n) is 3.42. The van der Waals surface area contributed by atoms with Crippen LogP contribution in [0.5, 0.6) is 11.5 Å². The van der Waals surface area contributed by atoms with Gasteiger partial charge in [0, 0.05) is 16.6 Å². The molecule has 0 saturated heterocycles. The number of benzene rings is 1. The van der Waals surface area contributed by atoms with Crippen molar-refractivity contribution in [2.75, 3.05) is 20.8 Å². The molecule has 0 fully saturated rings. The van der Waals surface area contributed by atoms with Crippen molar-refractivity contribution in [3.8, 4) is 11.5 Å². The van der Waals surface area contributed by atoms with E-state index >= 15 is 0 Å². The molecule has 0 unspecified atom stereocenters. The van der Waals surface area contributed by atoms with E-state index in [0.29, 0.717) is 0 Å². The predicted molar refractivity (Wildman–Crippen MR) is 77.9 cm³/mol. The number of nitro groups is 4. The predicted octanol–water partition coefficient (Wildman–Crippen LogP) is 0.548. The smallest absolute Gasteiger partial charge is 0.497 e. The molecule has 0 aliphatic heterocycles. The molecule has 14 heteroatoms. The third kappa shape index (κ3) is 3.36. The monoisotopic (exact) mass is 360 g/mol. The summed E-state index contributed by atoms with van der Waals surface area (Å²) >= 11 is 0. The standard InChI is InChI=1S/C11H12N4O10/c1-24-7-3-4-8(10(5-7)25-2)9(6-12(16)17)11(13(18)19,14(20)21)15(22)23/h3-5,9H,6H2,1-2H3/t9-/m1/s1. The average Bonchev–Trinajstić information content (AvgIpc) is 2.52. The van der Waals surface area contributed by atoms with Crippen molar-refractivity contribution in [2.24, 2.45) is 0 Å². The molecule has 0 radical (unpaired) electrons. The van der Waals surface area contributed by atoms with Crippen LogP contribution in [-0.4, -0.2) is 46.2 Å². The van der Waals surface area contributed by atoms with E-state index in [1.165, 1.54) is 13.2 Å². The Labute approximate surface area is 138 Å². The molecular weight excluding hydrogens is 348 g/mol. The first kappa shape index (κ1) is 19.5. The van der Waals surface area contributed by atoms with E-state index in [2.05, 4.69) is 0 Å². The van der Waals surface area contributed by atoms with Crippen LogP contribution in [-0.2, 0) is 0 Å². The molecule has 1 aromatic carbocycles. The molecule has 0 N–H and O–H groups in total. The van der Waals surface area contributed by atoms with E-state index < -0.39 is 43.5 Å². The number of methoxy groups -OCH3 is 2. The lowest BCUT2D eigenvalue weighted by atomic mass is 9.91. The summed E-state index contributed by atoms with van der Waals surface area (Å²) in [6, 6.07) is 3.35. The number of hydrogen-bond donors (Lipinski definition) is 0. The van der Waals surface area contributed by atoms with Crippen LogP contribution in [0.3, 0.4) is 0 Å². The second-order valence-corrected chi connectivity index (χ2v) is 4.63. The van der Waals surface area contributed by atoms with Gasteiger partial charge in [-0.2, -0.15) is 0 Å². The van der Waals surface area contributed by atoms with E-state index in [9.17, 15) is 40.5 Å². The van der Waals surface area contributed by atoms with E-state index in [1.54, 1.807) is 0 Å². The molecule has 1 atom stereocenters. The summed E-state index contributed by atoms with van der Waals surface area (Å²) < 4.78 is 9.80. The summed E-state index contributed by atoms with van der Waals surface area (Å²) in [7, 11) is 2.37. The molecule has 0 aliphatic carbocycles. The maximum atomic E-state index is 11.3. The van der Waals surface area contributed by atoms with Gasteiger partial charge in [0.15, 0.2) is 14.8 Å². The fourth-order valence-corrected chi connectivity index (χ4v) is 2.27. The Morgan fingerprint density at radius 2 is 1.48 bits per heavy atom. The Balaban J connectivity index is 3.78. The molecule has 1 aromatic rings. The van der Waals surface area contributed by atoms with Crippen molar-refractivity contribution < 1.29 is 29.2 Å². The Kier molecular flexibility index (Phi) is 5.71. The maximum absolute atomic E-state index is 11.3. The van der Waals surface area contributed by atoms with Crippen molar-refractivity contribution >= 4 is 0 Å². The van der Waals surface area contributed by atoms with Crippen LogP contribution in [0.4, 0.5) is 0 Å². The van der Waals surface area contributed by atoms with E-state index in [1.807, 2.05) is 0 Å². The second-order valence-electron chi connectivity index (χ2n) is 4.63. The normalized spacial score (nSPS) is 12.1. The minimum atomic E-state index is -4.06. The van der Waals surface area contributed by atoms with Gasteiger partial charge in [-0.15, -0.1) is 0 Å². The van der Waals surface area contributed by atoms with Gasteiger partial charge < -0.3 is 9.47 Å². The van der Waals surface area contributed by atoms with Gasteiger partial charge >= 0.3 is 5.79 Å². The molecular formula is C11H12N4O10. The minimum Gasteiger partial charge on any atom is -0.497 e. The van der Waals surface area contributed by atoms with Gasteiger partial charge in [-0.25, -0.2) is 0 Å². The summed E-state index contributed by atoms with van der Waals surface area (Å²) in [5.74, 6) is -6.49. The lowest BCUT2D eigenvalue weighted by Crippen LogP contribution is -2.59. The van der Waals surface area contributed by atoms with Gasteiger partial charge in [0.1, 0.15) is 11.5 Å². The Morgan fingerprint density at radius 1 is 0.960 bits per heavy atom. The highest BCUT2D eigenvalue weighted by molar-refractivity contribution is 5.43. The molecule has 0 aliphatic rings. The van der Waals surface area contributed by atoms with Crippen molar-refractivity contribution in [3.05, 3.63) is 64.2 Å². The summed E-state index contributed by atoms with van der Waals surface area (Å²) in [6.45, 7) is -1.44. The molecule has 25 heavy (non-hydrogen) atoms. The molecule has 0 heterocycles. The highest BCUT2D eigenvalue weighted by atomic mass is 16.7. The van der Waals surface area contributed by atoms with Gasteiger partial charge in [0.2, 0.25) is 6.54 Å². The third-order valence-corrected chi connectivity index (χ3v) is 3.42. The minimum absolute atomic E-state index is 0.175. The fraction of sp³-hybridized carbons (Fsp3) is 0.455. The number of hydrogen-bond acceptors (Lipinski definition) is 10. The molecule has 0 saturated carbocycles. The molecule has 136 valence electrons. The van der Waals surface area contributed by atoms with Crippen LogP contribution in [0.25, 0.3) is 0 Å². The zero-order chi connectivity index (χ0) is 19.4. The van der Waals surface area contributed by atoms with Gasteiger partial charge in [-0.3, -0.25) is 40.5 Å². The van der Waals surface area contributed by atoms with Crippen molar-refractivity contribution in [1.29, 1.82) is 0 Å². The molecule has 0 aromatic heterocycles. The van der Waals surface area contributed by atoms with Crippen molar-refractivity contribution in [3.63, 3.8) is 0 Å². The van der Waals surface area contributed by atoms with E-state index in [4.69, 9.17) is 9.47 Å². The Morgan fingerprint density at radius 3 is 1.84 bits per heavy atom. The molecule has 0 spiro atoms. The first-order chi connectivity index (χ1) is 11.6.